The van der Waals surface area contributed by atoms with Gasteiger partial charge in [0.05, 0.1) is 7.11 Å². The van der Waals surface area contributed by atoms with Crippen molar-refractivity contribution in [3.8, 4) is 11.5 Å². The van der Waals surface area contributed by atoms with Crippen LogP contribution in [-0.4, -0.2) is 37.2 Å². The van der Waals surface area contributed by atoms with Gasteiger partial charge in [-0.1, -0.05) is 25.8 Å². The summed E-state index contributed by atoms with van der Waals surface area (Å²) < 4.78 is 21.4. The van der Waals surface area contributed by atoms with E-state index in [1.807, 2.05) is 6.07 Å². The Morgan fingerprint density at radius 2 is 1.50 bits per heavy atom. The molecule has 7 nitrogen and oxygen atoms in total. The fraction of sp³-hybridized carbons (Fsp3) is 0.609. The molecule has 0 spiro atoms. The minimum absolute atomic E-state index is 0.286. The standard InChI is InChI=1S/C23H34O7/c1-6-7-8-9-20(28-16(2)24)15-21(29-17(3)25)12-10-19-11-13-22(27-5)23(14-19)30-18(4)26/h11,13-14,20-21H,6-10,12,15H2,1-5H3. The zero-order valence-electron chi connectivity index (χ0n) is 18.7. The molecule has 0 aliphatic heterocycles. The Labute approximate surface area is 179 Å². The molecule has 7 heteroatoms. The summed E-state index contributed by atoms with van der Waals surface area (Å²) in [7, 11) is 1.51. The molecule has 0 saturated carbocycles. The topological polar surface area (TPSA) is 88.1 Å². The summed E-state index contributed by atoms with van der Waals surface area (Å²) in [5.74, 6) is -0.315. The molecule has 0 saturated heterocycles. The zero-order valence-corrected chi connectivity index (χ0v) is 18.7. The van der Waals surface area contributed by atoms with Gasteiger partial charge in [-0.2, -0.15) is 0 Å². The van der Waals surface area contributed by atoms with E-state index in [1.54, 1.807) is 12.1 Å². The molecule has 2 unspecified atom stereocenters. The van der Waals surface area contributed by atoms with Gasteiger partial charge in [-0.15, -0.1) is 0 Å². The van der Waals surface area contributed by atoms with Gasteiger partial charge in [0.2, 0.25) is 0 Å². The molecule has 168 valence electrons. The van der Waals surface area contributed by atoms with Crippen LogP contribution in [0.4, 0.5) is 0 Å². The molecule has 0 aliphatic carbocycles. The molecule has 0 aliphatic rings. The summed E-state index contributed by atoms with van der Waals surface area (Å²) in [5, 5.41) is 0. The van der Waals surface area contributed by atoms with Crippen molar-refractivity contribution in [3.05, 3.63) is 23.8 Å². The molecular formula is C23H34O7. The normalized spacial score (nSPS) is 12.6. The highest BCUT2D eigenvalue weighted by molar-refractivity contribution is 5.70. The second-order valence-electron chi connectivity index (χ2n) is 7.31. The Balaban J connectivity index is 2.84. The Hall–Kier alpha value is -2.57. The lowest BCUT2D eigenvalue weighted by molar-refractivity contribution is -0.153. The highest BCUT2D eigenvalue weighted by Gasteiger charge is 2.21. The van der Waals surface area contributed by atoms with Gasteiger partial charge < -0.3 is 18.9 Å². The third-order valence-electron chi connectivity index (χ3n) is 4.56. The first kappa shape index (κ1) is 25.5. The molecule has 0 heterocycles. The molecule has 0 amide bonds. The minimum atomic E-state index is -0.431. The van der Waals surface area contributed by atoms with Crippen molar-refractivity contribution in [1.82, 2.24) is 0 Å². The number of aryl methyl sites for hydroxylation is 1. The molecule has 0 bridgehead atoms. The second-order valence-corrected chi connectivity index (χ2v) is 7.31. The molecule has 0 fully saturated rings. The Morgan fingerprint density at radius 1 is 0.867 bits per heavy atom. The van der Waals surface area contributed by atoms with Gasteiger partial charge in [0.25, 0.3) is 0 Å². The average Bonchev–Trinajstić information content (AvgIpc) is 2.65. The fourth-order valence-corrected chi connectivity index (χ4v) is 3.27. The van der Waals surface area contributed by atoms with Crippen molar-refractivity contribution in [1.29, 1.82) is 0 Å². The molecule has 1 aromatic carbocycles. The van der Waals surface area contributed by atoms with E-state index in [4.69, 9.17) is 18.9 Å². The first-order valence-corrected chi connectivity index (χ1v) is 10.4. The molecule has 1 aromatic rings. The van der Waals surface area contributed by atoms with Gasteiger partial charge >= 0.3 is 17.9 Å². The van der Waals surface area contributed by atoms with Gasteiger partial charge in [-0.05, 0) is 43.4 Å². The maximum absolute atomic E-state index is 11.6. The van der Waals surface area contributed by atoms with Crippen molar-refractivity contribution in [2.45, 2.75) is 84.8 Å². The number of hydrogen-bond acceptors (Lipinski definition) is 7. The number of ether oxygens (including phenoxy) is 4. The van der Waals surface area contributed by atoms with Crippen molar-refractivity contribution in [2.75, 3.05) is 7.11 Å². The summed E-state index contributed by atoms with van der Waals surface area (Å²) in [6.07, 6.45) is 4.75. The van der Waals surface area contributed by atoms with Crippen LogP contribution in [0.5, 0.6) is 11.5 Å². The van der Waals surface area contributed by atoms with Crippen molar-refractivity contribution < 1.29 is 33.3 Å². The highest BCUT2D eigenvalue weighted by Crippen LogP contribution is 2.29. The lowest BCUT2D eigenvalue weighted by Gasteiger charge is -2.23. The third kappa shape index (κ3) is 10.3. The number of esters is 3. The molecule has 30 heavy (non-hydrogen) atoms. The van der Waals surface area contributed by atoms with Crippen LogP contribution in [-0.2, 0) is 30.3 Å². The molecule has 0 aromatic heterocycles. The first-order valence-electron chi connectivity index (χ1n) is 10.4. The van der Waals surface area contributed by atoms with E-state index >= 15 is 0 Å². The molecule has 1 rings (SSSR count). The molecular weight excluding hydrogens is 388 g/mol. The largest absolute Gasteiger partial charge is 0.493 e. The Bertz CT molecular complexity index is 699. The van der Waals surface area contributed by atoms with Crippen LogP contribution in [0.15, 0.2) is 18.2 Å². The number of carbonyl (C=O) groups excluding carboxylic acids is 3. The summed E-state index contributed by atoms with van der Waals surface area (Å²) in [6.45, 7) is 6.21. The zero-order chi connectivity index (χ0) is 22.5. The van der Waals surface area contributed by atoms with Crippen LogP contribution >= 0.6 is 0 Å². The summed E-state index contributed by atoms with van der Waals surface area (Å²) in [4.78, 5) is 34.4. The van der Waals surface area contributed by atoms with E-state index in [0.29, 0.717) is 30.8 Å². The van der Waals surface area contributed by atoms with Gasteiger partial charge in [0.1, 0.15) is 12.2 Å². The number of benzene rings is 1. The smallest absolute Gasteiger partial charge is 0.308 e. The Morgan fingerprint density at radius 3 is 2.03 bits per heavy atom. The van der Waals surface area contributed by atoms with Crippen molar-refractivity contribution in [3.63, 3.8) is 0 Å². The predicted octanol–water partition coefficient (Wildman–Crippen LogP) is 4.39. The second kappa shape index (κ2) is 13.6. The number of hydrogen-bond donors (Lipinski definition) is 0. The average molecular weight is 423 g/mol. The third-order valence-corrected chi connectivity index (χ3v) is 4.56. The Kier molecular flexibility index (Phi) is 11.6. The lowest BCUT2D eigenvalue weighted by Crippen LogP contribution is -2.27. The number of unbranched alkanes of at least 4 members (excludes halogenated alkanes) is 2. The van der Waals surface area contributed by atoms with Crippen LogP contribution in [0.2, 0.25) is 0 Å². The molecule has 0 radical (unpaired) electrons. The number of methoxy groups -OCH3 is 1. The van der Waals surface area contributed by atoms with E-state index in [2.05, 4.69) is 6.92 Å². The number of rotatable bonds is 13. The van der Waals surface area contributed by atoms with Crippen LogP contribution in [0.25, 0.3) is 0 Å². The fourth-order valence-electron chi connectivity index (χ4n) is 3.27. The van der Waals surface area contributed by atoms with E-state index in [1.165, 1.54) is 27.9 Å². The summed E-state index contributed by atoms with van der Waals surface area (Å²) in [5.41, 5.74) is 0.916. The predicted molar refractivity (Wildman–Crippen MR) is 112 cm³/mol. The van der Waals surface area contributed by atoms with Gasteiger partial charge in [-0.3, -0.25) is 14.4 Å². The van der Waals surface area contributed by atoms with Crippen molar-refractivity contribution >= 4 is 17.9 Å². The highest BCUT2D eigenvalue weighted by atomic mass is 16.6. The van der Waals surface area contributed by atoms with Crippen LogP contribution < -0.4 is 9.47 Å². The summed E-state index contributed by atoms with van der Waals surface area (Å²) >= 11 is 0. The van der Waals surface area contributed by atoms with Crippen LogP contribution in [0, 0.1) is 0 Å². The van der Waals surface area contributed by atoms with E-state index in [9.17, 15) is 14.4 Å². The van der Waals surface area contributed by atoms with E-state index in [0.717, 1.165) is 31.2 Å². The van der Waals surface area contributed by atoms with E-state index in [-0.39, 0.29) is 24.1 Å². The van der Waals surface area contributed by atoms with Crippen molar-refractivity contribution in [2.24, 2.45) is 0 Å². The monoisotopic (exact) mass is 422 g/mol. The van der Waals surface area contributed by atoms with E-state index < -0.39 is 5.97 Å². The first-order chi connectivity index (χ1) is 14.2. The quantitative estimate of drug-likeness (QED) is 0.265. The van der Waals surface area contributed by atoms with Crippen LogP contribution in [0.1, 0.15) is 71.8 Å². The van der Waals surface area contributed by atoms with Gasteiger partial charge in [-0.25, -0.2) is 0 Å². The minimum Gasteiger partial charge on any atom is -0.493 e. The SMILES string of the molecule is CCCCCC(CC(CCc1ccc(OC)c(OC(C)=O)c1)OC(C)=O)OC(C)=O. The maximum atomic E-state index is 11.6. The van der Waals surface area contributed by atoms with Gasteiger partial charge in [0, 0.05) is 27.2 Å². The molecule has 0 N–H and O–H groups in total. The number of carbonyl (C=O) groups is 3. The molecule has 2 atom stereocenters. The van der Waals surface area contributed by atoms with Crippen LogP contribution in [0.3, 0.4) is 0 Å². The maximum Gasteiger partial charge on any atom is 0.308 e. The summed E-state index contributed by atoms with van der Waals surface area (Å²) in [6, 6.07) is 5.36. The lowest BCUT2D eigenvalue weighted by atomic mass is 9.99. The van der Waals surface area contributed by atoms with Gasteiger partial charge in [0.15, 0.2) is 11.5 Å².